The van der Waals surface area contributed by atoms with E-state index < -0.39 is 0 Å². The highest BCUT2D eigenvalue weighted by Gasteiger charge is 2.15. The molecule has 0 spiro atoms. The third-order valence-corrected chi connectivity index (χ3v) is 3.60. The van der Waals surface area contributed by atoms with Crippen molar-refractivity contribution in [2.75, 3.05) is 25.0 Å². The zero-order valence-corrected chi connectivity index (χ0v) is 12.0. The van der Waals surface area contributed by atoms with E-state index in [1.807, 2.05) is 0 Å². The van der Waals surface area contributed by atoms with Gasteiger partial charge < -0.3 is 16.0 Å². The van der Waals surface area contributed by atoms with Crippen LogP contribution in [0.4, 0.5) is 10.1 Å². The van der Waals surface area contributed by atoms with Gasteiger partial charge in [-0.15, -0.1) is 0 Å². The molecule has 3 N–H and O–H groups in total. The topological polar surface area (TPSA) is 41.3 Å². The Morgan fingerprint density at radius 1 is 1.47 bits per heavy atom. The molecule has 1 heterocycles. The van der Waals surface area contributed by atoms with Crippen molar-refractivity contribution in [3.05, 3.63) is 29.6 Å². The highest BCUT2D eigenvalue weighted by atomic mass is 32.1. The molecule has 0 amide bonds. The van der Waals surface area contributed by atoms with Crippen molar-refractivity contribution in [1.29, 1.82) is 0 Å². The molecule has 2 rings (SSSR count). The number of nitrogens with one attached hydrogen (secondary N) is 1. The smallest absolute Gasteiger partial charge is 0.124 e. The van der Waals surface area contributed by atoms with Crippen molar-refractivity contribution in [2.45, 2.75) is 25.8 Å². The van der Waals surface area contributed by atoms with E-state index in [9.17, 15) is 4.39 Å². The SMILES string of the molecule is CC(CN1CCCC1)Nc1ccc(F)cc1C(N)=S. The molecular weight excluding hydrogens is 261 g/mol. The molecule has 1 aliphatic heterocycles. The fourth-order valence-electron chi connectivity index (χ4n) is 2.51. The van der Waals surface area contributed by atoms with Crippen LogP contribution in [0.3, 0.4) is 0 Å². The molecule has 5 heteroatoms. The lowest BCUT2D eigenvalue weighted by Crippen LogP contribution is -2.33. The lowest BCUT2D eigenvalue weighted by Gasteiger charge is -2.23. The summed E-state index contributed by atoms with van der Waals surface area (Å²) in [6, 6.07) is 4.78. The minimum Gasteiger partial charge on any atom is -0.389 e. The number of hydrogen-bond acceptors (Lipinski definition) is 3. The van der Waals surface area contributed by atoms with E-state index in [0.717, 1.165) is 25.3 Å². The molecule has 3 nitrogen and oxygen atoms in total. The van der Waals surface area contributed by atoms with Crippen LogP contribution in [0.25, 0.3) is 0 Å². The maximum atomic E-state index is 13.2. The second-order valence-corrected chi connectivity index (χ2v) is 5.55. The summed E-state index contributed by atoms with van der Waals surface area (Å²) in [5, 5.41) is 3.37. The summed E-state index contributed by atoms with van der Waals surface area (Å²) in [5.41, 5.74) is 7.02. The Labute approximate surface area is 119 Å². The van der Waals surface area contributed by atoms with Crippen molar-refractivity contribution in [3.63, 3.8) is 0 Å². The van der Waals surface area contributed by atoms with Gasteiger partial charge in [-0.25, -0.2) is 4.39 Å². The summed E-state index contributed by atoms with van der Waals surface area (Å²) < 4.78 is 13.2. The fourth-order valence-corrected chi connectivity index (χ4v) is 2.68. The third kappa shape index (κ3) is 3.88. The van der Waals surface area contributed by atoms with Crippen LogP contribution in [0.1, 0.15) is 25.3 Å². The van der Waals surface area contributed by atoms with Gasteiger partial charge in [-0.2, -0.15) is 0 Å². The van der Waals surface area contributed by atoms with Crippen molar-refractivity contribution in [2.24, 2.45) is 5.73 Å². The molecule has 0 saturated carbocycles. The Morgan fingerprint density at radius 2 is 2.16 bits per heavy atom. The average molecular weight is 281 g/mol. The highest BCUT2D eigenvalue weighted by Crippen LogP contribution is 2.18. The van der Waals surface area contributed by atoms with Gasteiger partial charge in [-0.3, -0.25) is 0 Å². The first-order chi connectivity index (χ1) is 9.06. The first-order valence-corrected chi connectivity index (χ1v) is 7.05. The molecule has 19 heavy (non-hydrogen) atoms. The first-order valence-electron chi connectivity index (χ1n) is 6.64. The minimum atomic E-state index is -0.319. The van der Waals surface area contributed by atoms with Gasteiger partial charge in [0, 0.05) is 23.8 Å². The number of nitrogens with two attached hydrogens (primary N) is 1. The standard InChI is InChI=1S/C14H20FN3S/c1-10(9-18-6-2-3-7-18)17-13-5-4-11(15)8-12(13)14(16)19/h4-5,8,10,17H,2-3,6-7,9H2,1H3,(H2,16,19). The van der Waals surface area contributed by atoms with E-state index in [-0.39, 0.29) is 16.8 Å². The van der Waals surface area contributed by atoms with Gasteiger partial charge in [0.25, 0.3) is 0 Å². The Hall–Kier alpha value is -1.20. The molecule has 104 valence electrons. The zero-order chi connectivity index (χ0) is 13.8. The van der Waals surface area contributed by atoms with Crippen molar-refractivity contribution in [1.82, 2.24) is 4.90 Å². The number of likely N-dealkylation sites (tertiary alicyclic amines) is 1. The van der Waals surface area contributed by atoms with Crippen LogP contribution >= 0.6 is 12.2 Å². The van der Waals surface area contributed by atoms with Crippen molar-refractivity contribution < 1.29 is 4.39 Å². The normalized spacial score (nSPS) is 17.4. The van der Waals surface area contributed by atoms with Crippen LogP contribution in [0.2, 0.25) is 0 Å². The molecule has 1 saturated heterocycles. The van der Waals surface area contributed by atoms with Gasteiger partial charge >= 0.3 is 0 Å². The summed E-state index contributed by atoms with van der Waals surface area (Å²) in [5.74, 6) is -0.319. The van der Waals surface area contributed by atoms with Gasteiger partial charge in [0.15, 0.2) is 0 Å². The Kier molecular flexibility index (Phi) is 4.71. The number of rotatable bonds is 5. The van der Waals surface area contributed by atoms with E-state index in [1.165, 1.54) is 25.0 Å². The highest BCUT2D eigenvalue weighted by molar-refractivity contribution is 7.80. The molecule has 0 aliphatic carbocycles. The van der Waals surface area contributed by atoms with Crippen LogP contribution in [0, 0.1) is 5.82 Å². The number of nitrogens with zero attached hydrogens (tertiary/aromatic N) is 1. The van der Waals surface area contributed by atoms with Gasteiger partial charge in [-0.1, -0.05) is 12.2 Å². The van der Waals surface area contributed by atoms with E-state index in [0.29, 0.717) is 5.56 Å². The van der Waals surface area contributed by atoms with Crippen LogP contribution in [0.15, 0.2) is 18.2 Å². The predicted octanol–water partition coefficient (Wildman–Crippen LogP) is 2.36. The van der Waals surface area contributed by atoms with Crippen LogP contribution in [0.5, 0.6) is 0 Å². The summed E-state index contributed by atoms with van der Waals surface area (Å²) in [6.07, 6.45) is 2.56. The Bertz CT molecular complexity index is 458. The Balaban J connectivity index is 2.03. The second-order valence-electron chi connectivity index (χ2n) is 5.11. The zero-order valence-electron chi connectivity index (χ0n) is 11.2. The van der Waals surface area contributed by atoms with Crippen LogP contribution in [-0.2, 0) is 0 Å². The van der Waals surface area contributed by atoms with Gasteiger partial charge in [0.05, 0.1) is 0 Å². The van der Waals surface area contributed by atoms with Gasteiger partial charge in [0.2, 0.25) is 0 Å². The maximum absolute atomic E-state index is 13.2. The molecule has 1 aliphatic rings. The molecule has 0 bridgehead atoms. The quantitative estimate of drug-likeness (QED) is 0.813. The summed E-state index contributed by atoms with van der Waals surface area (Å²) in [6.45, 7) is 5.42. The molecule has 1 fully saturated rings. The monoisotopic (exact) mass is 281 g/mol. The summed E-state index contributed by atoms with van der Waals surface area (Å²) >= 11 is 4.97. The summed E-state index contributed by atoms with van der Waals surface area (Å²) in [4.78, 5) is 2.65. The lowest BCUT2D eigenvalue weighted by molar-refractivity contribution is 0.328. The number of halogens is 1. The van der Waals surface area contributed by atoms with Crippen LogP contribution in [-0.4, -0.2) is 35.6 Å². The van der Waals surface area contributed by atoms with Crippen molar-refractivity contribution in [3.8, 4) is 0 Å². The van der Waals surface area contributed by atoms with E-state index >= 15 is 0 Å². The van der Waals surface area contributed by atoms with E-state index in [2.05, 4.69) is 17.1 Å². The third-order valence-electron chi connectivity index (χ3n) is 3.38. The minimum absolute atomic E-state index is 0.218. The molecule has 0 aromatic heterocycles. The van der Waals surface area contributed by atoms with Gasteiger partial charge in [-0.05, 0) is 51.1 Å². The van der Waals surface area contributed by atoms with E-state index in [4.69, 9.17) is 18.0 Å². The fraction of sp³-hybridized carbons (Fsp3) is 0.500. The maximum Gasteiger partial charge on any atom is 0.124 e. The van der Waals surface area contributed by atoms with E-state index in [1.54, 1.807) is 6.07 Å². The van der Waals surface area contributed by atoms with Crippen LogP contribution < -0.4 is 11.1 Å². The number of hydrogen-bond donors (Lipinski definition) is 2. The lowest BCUT2D eigenvalue weighted by atomic mass is 10.1. The predicted molar refractivity (Wildman–Crippen MR) is 81.0 cm³/mol. The molecular formula is C14H20FN3S. The number of benzene rings is 1. The average Bonchev–Trinajstić information content (AvgIpc) is 2.83. The molecule has 1 unspecified atom stereocenters. The summed E-state index contributed by atoms with van der Waals surface area (Å²) in [7, 11) is 0. The number of anilines is 1. The molecule has 0 radical (unpaired) electrons. The van der Waals surface area contributed by atoms with Gasteiger partial charge in [0.1, 0.15) is 10.8 Å². The first kappa shape index (κ1) is 14.2. The largest absolute Gasteiger partial charge is 0.389 e. The Morgan fingerprint density at radius 3 is 2.79 bits per heavy atom. The molecule has 1 aromatic carbocycles. The molecule has 1 atom stereocenters. The number of thiocarbonyl (C=S) groups is 1. The van der Waals surface area contributed by atoms with Crippen molar-refractivity contribution >= 4 is 22.9 Å². The second kappa shape index (κ2) is 6.30. The molecule has 1 aromatic rings.